The van der Waals surface area contributed by atoms with E-state index < -0.39 is 5.92 Å². The monoisotopic (exact) mass is 443 g/mol. The highest BCUT2D eigenvalue weighted by molar-refractivity contribution is 7.15. The fourth-order valence-electron chi connectivity index (χ4n) is 4.07. The Kier molecular flexibility index (Phi) is 6.31. The molecule has 2 N–H and O–H groups in total. The van der Waals surface area contributed by atoms with E-state index in [4.69, 9.17) is 0 Å². The Bertz CT molecular complexity index is 1090. The summed E-state index contributed by atoms with van der Waals surface area (Å²) in [6, 6.07) is 4.63. The van der Waals surface area contributed by atoms with Crippen molar-refractivity contribution in [2.24, 2.45) is 5.92 Å². The predicted molar refractivity (Wildman–Crippen MR) is 119 cm³/mol. The standard InChI is InChI=1S/C22H26FN5O2S/c1-3-13(4-2)21-26-27-22(31-21)25-20(30)15-9-19(29)28(12-15)8-7-14-11-24-18-6-5-16(23)10-17(14)18/h5-6,10-11,13,15,24H,3-4,7-9,12H2,1-2H3,(H,25,27,30)/t15-/m0/s1. The van der Waals surface area contributed by atoms with E-state index in [1.54, 1.807) is 11.0 Å². The first-order valence-electron chi connectivity index (χ1n) is 10.7. The Balaban J connectivity index is 1.34. The van der Waals surface area contributed by atoms with E-state index in [2.05, 4.69) is 34.3 Å². The molecule has 1 atom stereocenters. The number of benzene rings is 1. The number of H-pyrrole nitrogens is 1. The first kappa shape index (κ1) is 21.4. The van der Waals surface area contributed by atoms with Gasteiger partial charge in [0.1, 0.15) is 10.8 Å². The topological polar surface area (TPSA) is 91.0 Å². The summed E-state index contributed by atoms with van der Waals surface area (Å²) in [5.41, 5.74) is 1.82. The van der Waals surface area contributed by atoms with E-state index >= 15 is 0 Å². The van der Waals surface area contributed by atoms with Gasteiger partial charge in [-0.1, -0.05) is 25.2 Å². The molecule has 4 rings (SSSR count). The molecule has 0 saturated carbocycles. The number of rotatable bonds is 8. The maximum atomic E-state index is 13.6. The van der Waals surface area contributed by atoms with Crippen molar-refractivity contribution in [3.05, 3.63) is 40.8 Å². The lowest BCUT2D eigenvalue weighted by atomic mass is 10.1. The van der Waals surface area contributed by atoms with Gasteiger partial charge >= 0.3 is 0 Å². The number of halogens is 1. The molecular weight excluding hydrogens is 417 g/mol. The van der Waals surface area contributed by atoms with Gasteiger partial charge in [-0.25, -0.2) is 4.39 Å². The molecule has 2 amide bonds. The normalized spacial score (nSPS) is 16.6. The molecule has 0 aliphatic carbocycles. The molecule has 7 nitrogen and oxygen atoms in total. The van der Waals surface area contributed by atoms with Gasteiger partial charge in [0, 0.05) is 42.5 Å². The van der Waals surface area contributed by atoms with Crippen LogP contribution in [0, 0.1) is 11.7 Å². The Labute approximate surface area is 184 Å². The Hall–Kier alpha value is -2.81. The second kappa shape index (κ2) is 9.13. The zero-order valence-corrected chi connectivity index (χ0v) is 18.5. The maximum absolute atomic E-state index is 13.6. The molecule has 164 valence electrons. The van der Waals surface area contributed by atoms with Crippen molar-refractivity contribution in [1.82, 2.24) is 20.1 Å². The first-order valence-corrected chi connectivity index (χ1v) is 11.5. The van der Waals surface area contributed by atoms with Crippen LogP contribution in [-0.4, -0.2) is 45.0 Å². The van der Waals surface area contributed by atoms with E-state index in [0.717, 1.165) is 34.3 Å². The van der Waals surface area contributed by atoms with Gasteiger partial charge < -0.3 is 15.2 Å². The lowest BCUT2D eigenvalue weighted by molar-refractivity contribution is -0.128. The fourth-order valence-corrected chi connectivity index (χ4v) is 5.09. The van der Waals surface area contributed by atoms with Crippen molar-refractivity contribution >= 4 is 39.2 Å². The Morgan fingerprint density at radius 1 is 1.35 bits per heavy atom. The molecule has 9 heteroatoms. The molecule has 1 saturated heterocycles. The van der Waals surface area contributed by atoms with Gasteiger partial charge in [0.05, 0.1) is 5.92 Å². The summed E-state index contributed by atoms with van der Waals surface area (Å²) >= 11 is 1.40. The average molecular weight is 444 g/mol. The van der Waals surface area contributed by atoms with Crippen LogP contribution >= 0.6 is 11.3 Å². The van der Waals surface area contributed by atoms with Gasteiger partial charge in [0.2, 0.25) is 16.9 Å². The maximum Gasteiger partial charge on any atom is 0.231 e. The van der Waals surface area contributed by atoms with Crippen LogP contribution < -0.4 is 5.32 Å². The largest absolute Gasteiger partial charge is 0.361 e. The highest BCUT2D eigenvalue weighted by Crippen LogP contribution is 2.29. The van der Waals surface area contributed by atoms with Crippen molar-refractivity contribution in [3.8, 4) is 0 Å². The number of aromatic nitrogens is 3. The van der Waals surface area contributed by atoms with Gasteiger partial charge in [-0.05, 0) is 43.0 Å². The summed E-state index contributed by atoms with van der Waals surface area (Å²) in [6.07, 6.45) is 4.59. The molecule has 31 heavy (non-hydrogen) atoms. The third-order valence-electron chi connectivity index (χ3n) is 5.97. The molecular formula is C22H26FN5O2S. The SMILES string of the molecule is CCC(CC)c1nnc(NC(=O)[C@H]2CC(=O)N(CCc3c[nH]c4ccc(F)cc34)C2)s1. The second-order valence-electron chi connectivity index (χ2n) is 7.94. The molecule has 3 heterocycles. The zero-order chi connectivity index (χ0) is 22.0. The van der Waals surface area contributed by atoms with E-state index in [1.165, 1.54) is 23.5 Å². The first-order chi connectivity index (χ1) is 15.0. The number of amides is 2. The molecule has 0 radical (unpaired) electrons. The highest BCUT2D eigenvalue weighted by Gasteiger charge is 2.34. The number of likely N-dealkylation sites (tertiary alicyclic amines) is 1. The fraction of sp³-hybridized carbons (Fsp3) is 0.455. The third-order valence-corrected chi connectivity index (χ3v) is 6.97. The number of nitrogens with zero attached hydrogens (tertiary/aromatic N) is 3. The average Bonchev–Trinajstić information content (AvgIpc) is 3.46. The Morgan fingerprint density at radius 3 is 2.94 bits per heavy atom. The minimum Gasteiger partial charge on any atom is -0.361 e. The van der Waals surface area contributed by atoms with Gasteiger partial charge in [0.25, 0.3) is 0 Å². The number of carbonyl (C=O) groups is 2. The molecule has 0 spiro atoms. The number of carbonyl (C=O) groups excluding carboxylic acids is 2. The van der Waals surface area contributed by atoms with Crippen LogP contribution in [0.5, 0.6) is 0 Å². The van der Waals surface area contributed by atoms with Crippen molar-refractivity contribution in [3.63, 3.8) is 0 Å². The molecule has 1 aromatic carbocycles. The zero-order valence-electron chi connectivity index (χ0n) is 17.7. The summed E-state index contributed by atoms with van der Waals surface area (Å²) in [4.78, 5) is 29.9. The van der Waals surface area contributed by atoms with Gasteiger partial charge in [-0.3, -0.25) is 9.59 Å². The summed E-state index contributed by atoms with van der Waals surface area (Å²) < 4.78 is 13.6. The molecule has 1 aliphatic heterocycles. The summed E-state index contributed by atoms with van der Waals surface area (Å²) in [5, 5.41) is 13.4. The number of hydrogen-bond donors (Lipinski definition) is 2. The van der Waals surface area contributed by atoms with E-state index in [1.807, 2.05) is 6.20 Å². The summed E-state index contributed by atoms with van der Waals surface area (Å²) in [5.74, 6) is -0.581. The van der Waals surface area contributed by atoms with E-state index in [9.17, 15) is 14.0 Å². The number of anilines is 1. The molecule has 2 aromatic heterocycles. The lowest BCUT2D eigenvalue weighted by Crippen LogP contribution is -2.30. The summed E-state index contributed by atoms with van der Waals surface area (Å²) in [7, 11) is 0. The van der Waals surface area contributed by atoms with Crippen LogP contribution in [0.4, 0.5) is 9.52 Å². The van der Waals surface area contributed by atoms with Gasteiger partial charge in [-0.15, -0.1) is 10.2 Å². The molecule has 3 aromatic rings. The highest BCUT2D eigenvalue weighted by atomic mass is 32.1. The lowest BCUT2D eigenvalue weighted by Gasteiger charge is -2.16. The van der Waals surface area contributed by atoms with Crippen molar-refractivity contribution in [2.45, 2.75) is 45.4 Å². The number of nitrogens with one attached hydrogen (secondary N) is 2. The van der Waals surface area contributed by atoms with Crippen LogP contribution in [0.1, 0.15) is 49.6 Å². The number of fused-ring (bicyclic) bond motifs is 1. The van der Waals surface area contributed by atoms with Gasteiger partial charge in [0.15, 0.2) is 0 Å². The van der Waals surface area contributed by atoms with E-state index in [0.29, 0.717) is 30.6 Å². The van der Waals surface area contributed by atoms with E-state index in [-0.39, 0.29) is 24.1 Å². The van der Waals surface area contributed by atoms with Crippen molar-refractivity contribution in [2.75, 3.05) is 18.4 Å². The van der Waals surface area contributed by atoms with Crippen molar-refractivity contribution in [1.29, 1.82) is 0 Å². The Morgan fingerprint density at radius 2 is 2.16 bits per heavy atom. The van der Waals surface area contributed by atoms with Crippen LogP contribution in [-0.2, 0) is 16.0 Å². The second-order valence-corrected chi connectivity index (χ2v) is 8.95. The number of hydrogen-bond acceptors (Lipinski definition) is 5. The van der Waals surface area contributed by atoms with Crippen molar-refractivity contribution < 1.29 is 14.0 Å². The van der Waals surface area contributed by atoms with Crippen LogP contribution in [0.15, 0.2) is 24.4 Å². The third kappa shape index (κ3) is 4.61. The predicted octanol–water partition coefficient (Wildman–Crippen LogP) is 4.09. The molecule has 0 bridgehead atoms. The van der Waals surface area contributed by atoms with Crippen LogP contribution in [0.3, 0.4) is 0 Å². The molecule has 0 unspecified atom stereocenters. The smallest absolute Gasteiger partial charge is 0.231 e. The number of aromatic amines is 1. The van der Waals surface area contributed by atoms with Crippen LogP contribution in [0.25, 0.3) is 10.9 Å². The minimum atomic E-state index is -0.409. The molecule has 1 aliphatic rings. The summed E-state index contributed by atoms with van der Waals surface area (Å²) in [6.45, 7) is 5.09. The van der Waals surface area contributed by atoms with Gasteiger partial charge in [-0.2, -0.15) is 0 Å². The van der Waals surface area contributed by atoms with Crippen LogP contribution in [0.2, 0.25) is 0 Å². The molecule has 1 fully saturated rings. The quantitative estimate of drug-likeness (QED) is 0.549. The minimum absolute atomic E-state index is 0.0406.